The fourth-order valence-electron chi connectivity index (χ4n) is 4.89. The van der Waals surface area contributed by atoms with E-state index in [9.17, 15) is 4.79 Å². The Morgan fingerprint density at radius 3 is 2.74 bits per heavy atom. The minimum atomic E-state index is 0.212. The molecule has 4 aromatic rings. The number of H-pyrrole nitrogens is 1. The molecule has 1 amide bonds. The van der Waals surface area contributed by atoms with Gasteiger partial charge in [-0.1, -0.05) is 13.8 Å². The molecule has 1 aliphatic heterocycles. The predicted molar refractivity (Wildman–Crippen MR) is 138 cm³/mol. The first-order valence-electron chi connectivity index (χ1n) is 12.1. The van der Waals surface area contributed by atoms with Crippen LogP contribution in [0.1, 0.15) is 54.5 Å². The molecule has 10 heteroatoms. The number of carbonyl (C=O) groups excluding carboxylic acids is 1. The van der Waals surface area contributed by atoms with Crippen molar-refractivity contribution in [3.63, 3.8) is 0 Å². The number of thiazole rings is 1. The number of piperidine rings is 1. The third kappa shape index (κ3) is 4.60. The first-order chi connectivity index (χ1) is 16.8. The number of rotatable bonds is 6. The Hall–Kier alpha value is -3.11. The normalized spacial score (nSPS) is 15.1. The topological polar surface area (TPSA) is 95.3 Å². The summed E-state index contributed by atoms with van der Waals surface area (Å²) in [5.41, 5.74) is 6.01. The molecular weight excluding hydrogens is 460 g/mol. The smallest absolute Gasteiger partial charge is 0.236 e. The summed E-state index contributed by atoms with van der Waals surface area (Å²) in [6.45, 7) is 8.50. The van der Waals surface area contributed by atoms with Crippen molar-refractivity contribution in [2.75, 3.05) is 33.7 Å². The molecule has 1 N–H and O–H groups in total. The van der Waals surface area contributed by atoms with Crippen LogP contribution >= 0.6 is 11.3 Å². The Balaban J connectivity index is 1.39. The lowest BCUT2D eigenvalue weighted by Gasteiger charge is -2.32. The van der Waals surface area contributed by atoms with E-state index >= 15 is 0 Å². The summed E-state index contributed by atoms with van der Waals surface area (Å²) in [7, 11) is 3.87. The van der Waals surface area contributed by atoms with Gasteiger partial charge in [0.2, 0.25) is 5.91 Å². The zero-order chi connectivity index (χ0) is 24.7. The number of aromatic nitrogens is 6. The van der Waals surface area contributed by atoms with Crippen molar-refractivity contribution in [3.8, 4) is 22.0 Å². The molecule has 5 heterocycles. The lowest BCUT2D eigenvalue weighted by atomic mass is 9.95. The number of fused-ring (bicyclic) bond motifs is 1. The molecule has 0 radical (unpaired) electrons. The van der Waals surface area contributed by atoms with Crippen molar-refractivity contribution in [1.82, 2.24) is 39.6 Å². The van der Waals surface area contributed by atoms with E-state index in [0.29, 0.717) is 12.5 Å². The van der Waals surface area contributed by atoms with Gasteiger partial charge in [-0.3, -0.25) is 9.89 Å². The Morgan fingerprint density at radius 2 is 2.03 bits per heavy atom. The number of likely N-dealkylation sites (N-methyl/N-ethyl adjacent to an activating group) is 1. The standard InChI is InChI=1S/C25H32N8OS/c1-15(2)21-22(18-10-16(3)24-27-14-28-33(24)12-18)29-30-23(21)25-26-11-19(35-25)17-6-8-32(9-7-17)20(34)13-31(4)5/h10-12,14-15,17H,6-9,13H2,1-5H3,(H,29,30). The van der Waals surface area contributed by atoms with E-state index in [2.05, 4.69) is 35.1 Å². The molecule has 0 unspecified atom stereocenters. The fourth-order valence-corrected chi connectivity index (χ4v) is 5.99. The van der Waals surface area contributed by atoms with Gasteiger partial charge >= 0.3 is 0 Å². The van der Waals surface area contributed by atoms with E-state index < -0.39 is 0 Å². The van der Waals surface area contributed by atoms with Gasteiger partial charge in [0.05, 0.1) is 17.9 Å². The van der Waals surface area contributed by atoms with Crippen LogP contribution in [-0.4, -0.2) is 79.2 Å². The number of hydrogen-bond donors (Lipinski definition) is 1. The highest BCUT2D eigenvalue weighted by molar-refractivity contribution is 7.15. The Morgan fingerprint density at radius 1 is 1.26 bits per heavy atom. The van der Waals surface area contributed by atoms with Crippen LogP contribution in [0, 0.1) is 6.92 Å². The van der Waals surface area contributed by atoms with Gasteiger partial charge in [0.1, 0.15) is 11.3 Å². The van der Waals surface area contributed by atoms with Gasteiger partial charge in [-0.25, -0.2) is 14.5 Å². The molecule has 9 nitrogen and oxygen atoms in total. The maximum Gasteiger partial charge on any atom is 0.236 e. The Bertz CT molecular complexity index is 1340. The second-order valence-corrected chi connectivity index (χ2v) is 11.0. The summed E-state index contributed by atoms with van der Waals surface area (Å²) >= 11 is 1.74. The molecule has 1 fully saturated rings. The van der Waals surface area contributed by atoms with Crippen LogP contribution in [0.5, 0.6) is 0 Å². The molecule has 0 saturated carbocycles. The summed E-state index contributed by atoms with van der Waals surface area (Å²) in [5.74, 6) is 0.917. The molecule has 0 bridgehead atoms. The highest BCUT2D eigenvalue weighted by Crippen LogP contribution is 2.40. The van der Waals surface area contributed by atoms with E-state index in [-0.39, 0.29) is 11.8 Å². The fraction of sp³-hybridized carbons (Fsp3) is 0.480. The molecule has 184 valence electrons. The molecule has 1 saturated heterocycles. The monoisotopic (exact) mass is 492 g/mol. The van der Waals surface area contributed by atoms with Gasteiger partial charge in [0, 0.05) is 41.5 Å². The number of pyridine rings is 1. The maximum absolute atomic E-state index is 12.4. The van der Waals surface area contributed by atoms with E-state index in [0.717, 1.165) is 64.7 Å². The first kappa shape index (κ1) is 23.6. The second kappa shape index (κ2) is 9.50. The highest BCUT2D eigenvalue weighted by Gasteiger charge is 2.27. The summed E-state index contributed by atoms with van der Waals surface area (Å²) in [5, 5.41) is 13.3. The number of nitrogens with one attached hydrogen (secondary N) is 1. The van der Waals surface area contributed by atoms with Crippen LogP contribution < -0.4 is 0 Å². The number of carbonyl (C=O) groups is 1. The summed E-state index contributed by atoms with van der Waals surface area (Å²) < 4.78 is 1.81. The zero-order valence-electron chi connectivity index (χ0n) is 20.9. The van der Waals surface area contributed by atoms with E-state index in [1.54, 1.807) is 22.2 Å². The molecule has 0 spiro atoms. The van der Waals surface area contributed by atoms with Crippen LogP contribution in [-0.2, 0) is 4.79 Å². The summed E-state index contributed by atoms with van der Waals surface area (Å²) in [6, 6.07) is 2.12. The van der Waals surface area contributed by atoms with Gasteiger partial charge in [-0.15, -0.1) is 11.3 Å². The third-order valence-corrected chi connectivity index (χ3v) is 7.83. The molecule has 35 heavy (non-hydrogen) atoms. The van der Waals surface area contributed by atoms with Crippen LogP contribution in [0.3, 0.4) is 0 Å². The van der Waals surface area contributed by atoms with Gasteiger partial charge in [0.15, 0.2) is 5.65 Å². The second-order valence-electron chi connectivity index (χ2n) is 9.92. The Kier molecular flexibility index (Phi) is 6.41. The Labute approximate surface area is 209 Å². The van der Waals surface area contributed by atoms with Crippen LogP contribution in [0.15, 0.2) is 24.8 Å². The predicted octanol–water partition coefficient (Wildman–Crippen LogP) is 3.94. The van der Waals surface area contributed by atoms with Crippen LogP contribution in [0.25, 0.3) is 27.6 Å². The lowest BCUT2D eigenvalue weighted by Crippen LogP contribution is -2.42. The van der Waals surface area contributed by atoms with E-state index in [1.165, 1.54) is 4.88 Å². The average Bonchev–Trinajstić information content (AvgIpc) is 3.57. The molecule has 4 aromatic heterocycles. The van der Waals surface area contributed by atoms with Gasteiger partial charge in [-0.05, 0) is 57.3 Å². The zero-order valence-corrected chi connectivity index (χ0v) is 21.8. The molecule has 0 atom stereocenters. The summed E-state index contributed by atoms with van der Waals surface area (Å²) in [6.07, 6.45) is 7.52. The minimum absolute atomic E-state index is 0.212. The van der Waals surface area contributed by atoms with Crippen molar-refractivity contribution >= 4 is 22.9 Å². The van der Waals surface area contributed by atoms with Gasteiger partial charge in [0.25, 0.3) is 0 Å². The molecule has 0 aromatic carbocycles. The average molecular weight is 493 g/mol. The summed E-state index contributed by atoms with van der Waals surface area (Å²) in [4.78, 5) is 26.7. The minimum Gasteiger partial charge on any atom is -0.342 e. The van der Waals surface area contributed by atoms with E-state index in [4.69, 9.17) is 10.1 Å². The van der Waals surface area contributed by atoms with Gasteiger partial charge in [-0.2, -0.15) is 10.2 Å². The quantitative estimate of drug-likeness (QED) is 0.438. The SMILES string of the molecule is Cc1cc(-c2n[nH]c(-c3ncc(C4CCN(C(=O)CN(C)C)CC4)s3)c2C(C)C)cn2ncnc12. The number of likely N-dealkylation sites (tertiary alicyclic amines) is 1. The first-order valence-corrected chi connectivity index (χ1v) is 12.9. The van der Waals surface area contributed by atoms with Gasteiger partial charge < -0.3 is 9.80 Å². The van der Waals surface area contributed by atoms with Crippen molar-refractivity contribution in [3.05, 3.63) is 40.8 Å². The number of aromatic amines is 1. The van der Waals surface area contributed by atoms with E-state index in [1.807, 2.05) is 43.2 Å². The molecular formula is C25H32N8OS. The number of amides is 1. The van der Waals surface area contributed by atoms with Crippen molar-refractivity contribution in [1.29, 1.82) is 0 Å². The third-order valence-electron chi connectivity index (χ3n) is 6.65. The van der Waals surface area contributed by atoms with Crippen LogP contribution in [0.2, 0.25) is 0 Å². The number of hydrogen-bond acceptors (Lipinski definition) is 7. The van der Waals surface area contributed by atoms with Crippen molar-refractivity contribution in [2.45, 2.75) is 45.4 Å². The molecule has 0 aliphatic carbocycles. The van der Waals surface area contributed by atoms with Crippen molar-refractivity contribution in [2.24, 2.45) is 0 Å². The number of nitrogens with zero attached hydrogens (tertiary/aromatic N) is 7. The lowest BCUT2D eigenvalue weighted by molar-refractivity contribution is -0.132. The maximum atomic E-state index is 12.4. The van der Waals surface area contributed by atoms with Crippen molar-refractivity contribution < 1.29 is 4.79 Å². The number of aryl methyl sites for hydroxylation is 1. The highest BCUT2D eigenvalue weighted by atomic mass is 32.1. The van der Waals surface area contributed by atoms with Crippen LogP contribution in [0.4, 0.5) is 0 Å². The molecule has 1 aliphatic rings. The molecule has 5 rings (SSSR count). The largest absolute Gasteiger partial charge is 0.342 e.